The van der Waals surface area contributed by atoms with Gasteiger partial charge in [-0.05, 0) is 107 Å². The number of ether oxygens (including phenoxy) is 2. The van der Waals surface area contributed by atoms with E-state index in [2.05, 4.69) is 11.1 Å². The molecule has 9 heteroatoms. The number of aryl methyl sites for hydroxylation is 2. The first-order chi connectivity index (χ1) is 19.1. The van der Waals surface area contributed by atoms with Gasteiger partial charge >= 0.3 is 12.1 Å². The zero-order valence-corrected chi connectivity index (χ0v) is 23.5. The van der Waals surface area contributed by atoms with Gasteiger partial charge in [-0.1, -0.05) is 6.07 Å². The van der Waals surface area contributed by atoms with Crippen LogP contribution in [0.15, 0.2) is 61.1 Å². The largest absolute Gasteiger partial charge is 0.444 e. The summed E-state index contributed by atoms with van der Waals surface area (Å²) in [6, 6.07) is 14.1. The van der Waals surface area contributed by atoms with Crippen LogP contribution in [0.2, 0.25) is 0 Å². The molecular weight excluding hydrogens is 509 g/mol. The highest BCUT2D eigenvalue weighted by Gasteiger charge is 2.34. The van der Waals surface area contributed by atoms with E-state index < -0.39 is 5.60 Å². The Morgan fingerprint density at radius 3 is 2.42 bits per heavy atom. The second kappa shape index (κ2) is 11.1. The number of hydrogen-bond donors (Lipinski definition) is 0. The molecule has 1 atom stereocenters. The van der Waals surface area contributed by atoms with Crippen LogP contribution in [-0.2, 0) is 4.74 Å². The summed E-state index contributed by atoms with van der Waals surface area (Å²) in [4.78, 5) is 28.8. The minimum Gasteiger partial charge on any atom is -0.444 e. The standard InChI is InChI=1S/C31H34FN5O3/c1-20-16-21(2)18-24(17-20)39-29-33-14-13-25(35-29)28-27(22-9-11-23(32)12-10-22)34-19-37(28)26-8-6-7-15-36(26)30(38)40-31(3,4)5/h9-14,16-19,26H,6-8,15H2,1-5H3. The number of piperidine rings is 1. The Bertz CT molecular complexity index is 1490. The molecule has 0 aliphatic carbocycles. The van der Waals surface area contributed by atoms with Crippen LogP contribution in [0.3, 0.4) is 0 Å². The van der Waals surface area contributed by atoms with Gasteiger partial charge in [-0.3, -0.25) is 4.90 Å². The summed E-state index contributed by atoms with van der Waals surface area (Å²) in [5.74, 6) is 0.310. The van der Waals surface area contributed by atoms with Crippen molar-refractivity contribution >= 4 is 6.09 Å². The van der Waals surface area contributed by atoms with Crippen LogP contribution in [0.5, 0.6) is 11.8 Å². The quantitative estimate of drug-likeness (QED) is 0.260. The van der Waals surface area contributed by atoms with Crippen molar-refractivity contribution in [1.29, 1.82) is 0 Å². The molecule has 0 spiro atoms. The van der Waals surface area contributed by atoms with E-state index in [1.165, 1.54) is 12.1 Å². The van der Waals surface area contributed by atoms with Crippen LogP contribution in [0.4, 0.5) is 9.18 Å². The number of aromatic nitrogens is 4. The van der Waals surface area contributed by atoms with E-state index in [9.17, 15) is 9.18 Å². The van der Waals surface area contributed by atoms with Gasteiger partial charge < -0.3 is 14.0 Å². The topological polar surface area (TPSA) is 82.4 Å². The first-order valence-electron chi connectivity index (χ1n) is 13.5. The fourth-order valence-corrected chi connectivity index (χ4v) is 5.02. The van der Waals surface area contributed by atoms with Gasteiger partial charge in [0.15, 0.2) is 0 Å². The van der Waals surface area contributed by atoms with Crippen molar-refractivity contribution in [1.82, 2.24) is 24.4 Å². The number of benzene rings is 2. The summed E-state index contributed by atoms with van der Waals surface area (Å²) >= 11 is 0. The Kier molecular flexibility index (Phi) is 7.56. The third kappa shape index (κ3) is 6.14. The normalized spacial score (nSPS) is 15.7. The molecule has 1 saturated heterocycles. The molecule has 2 aromatic carbocycles. The number of carbonyl (C=O) groups excluding carboxylic acids is 1. The fourth-order valence-electron chi connectivity index (χ4n) is 5.02. The van der Waals surface area contributed by atoms with Crippen LogP contribution in [0.25, 0.3) is 22.6 Å². The molecule has 2 aromatic heterocycles. The third-order valence-corrected chi connectivity index (χ3v) is 6.61. The maximum Gasteiger partial charge on any atom is 0.411 e. The molecule has 1 amide bonds. The molecule has 0 N–H and O–H groups in total. The van der Waals surface area contributed by atoms with Gasteiger partial charge in [-0.15, -0.1) is 0 Å². The zero-order valence-electron chi connectivity index (χ0n) is 23.5. The molecule has 1 aliphatic rings. The summed E-state index contributed by atoms with van der Waals surface area (Å²) in [7, 11) is 0. The van der Waals surface area contributed by atoms with Gasteiger partial charge in [0, 0.05) is 18.3 Å². The monoisotopic (exact) mass is 543 g/mol. The van der Waals surface area contributed by atoms with E-state index in [1.807, 2.05) is 51.3 Å². The molecule has 5 rings (SSSR count). The summed E-state index contributed by atoms with van der Waals surface area (Å²) in [5, 5.41) is 0. The lowest BCUT2D eigenvalue weighted by molar-refractivity contribution is -0.000908. The number of carbonyl (C=O) groups is 1. The number of imidazole rings is 1. The molecule has 1 unspecified atom stereocenters. The maximum atomic E-state index is 13.8. The smallest absolute Gasteiger partial charge is 0.411 e. The lowest BCUT2D eigenvalue weighted by Gasteiger charge is -2.38. The molecular formula is C31H34FN5O3. The van der Waals surface area contributed by atoms with E-state index in [0.29, 0.717) is 29.4 Å². The third-order valence-electron chi connectivity index (χ3n) is 6.61. The molecule has 0 radical (unpaired) electrons. The fraction of sp³-hybridized carbons (Fsp3) is 0.355. The van der Waals surface area contributed by atoms with Gasteiger partial charge in [0.25, 0.3) is 0 Å². The van der Waals surface area contributed by atoms with Crippen molar-refractivity contribution in [3.05, 3.63) is 78.0 Å². The van der Waals surface area contributed by atoms with E-state index in [0.717, 1.165) is 36.0 Å². The van der Waals surface area contributed by atoms with Crippen molar-refractivity contribution in [2.24, 2.45) is 0 Å². The maximum absolute atomic E-state index is 13.8. The zero-order chi connectivity index (χ0) is 28.4. The summed E-state index contributed by atoms with van der Waals surface area (Å²) in [5.41, 5.74) is 4.12. The Morgan fingerprint density at radius 1 is 1.00 bits per heavy atom. The lowest BCUT2D eigenvalue weighted by atomic mass is 10.1. The number of halogens is 1. The predicted octanol–water partition coefficient (Wildman–Crippen LogP) is 7.47. The summed E-state index contributed by atoms with van der Waals surface area (Å²) < 4.78 is 27.6. The van der Waals surface area contributed by atoms with Gasteiger partial charge in [-0.25, -0.2) is 19.2 Å². The van der Waals surface area contributed by atoms with Gasteiger partial charge in [0.05, 0.1) is 23.4 Å². The Hall–Kier alpha value is -4.27. The van der Waals surface area contributed by atoms with Crippen molar-refractivity contribution in [3.8, 4) is 34.4 Å². The highest BCUT2D eigenvalue weighted by atomic mass is 19.1. The van der Waals surface area contributed by atoms with Gasteiger partial charge in [0.1, 0.15) is 23.3 Å². The summed E-state index contributed by atoms with van der Waals surface area (Å²) in [6.45, 7) is 10.1. The van der Waals surface area contributed by atoms with E-state index >= 15 is 0 Å². The second-order valence-electron chi connectivity index (χ2n) is 11.2. The number of amides is 1. The molecule has 0 bridgehead atoms. The predicted molar refractivity (Wildman–Crippen MR) is 150 cm³/mol. The van der Waals surface area contributed by atoms with E-state index in [-0.39, 0.29) is 24.1 Å². The van der Waals surface area contributed by atoms with Crippen molar-refractivity contribution in [3.63, 3.8) is 0 Å². The molecule has 0 saturated carbocycles. The lowest BCUT2D eigenvalue weighted by Crippen LogP contribution is -2.44. The SMILES string of the molecule is Cc1cc(C)cc(Oc2nccc(-c3c(-c4ccc(F)cc4)ncn3C3CCCCN3C(=O)OC(C)(C)C)n2)c1. The van der Waals surface area contributed by atoms with Crippen molar-refractivity contribution < 1.29 is 18.7 Å². The minimum atomic E-state index is -0.622. The Labute approximate surface area is 233 Å². The average molecular weight is 544 g/mol. The summed E-state index contributed by atoms with van der Waals surface area (Å²) in [6.07, 6.45) is 5.19. The molecule has 8 nitrogen and oxygen atoms in total. The molecule has 1 fully saturated rings. The number of hydrogen-bond acceptors (Lipinski definition) is 6. The first-order valence-corrected chi connectivity index (χ1v) is 13.5. The average Bonchev–Trinajstić information content (AvgIpc) is 3.33. The molecule has 4 aromatic rings. The highest BCUT2D eigenvalue weighted by molar-refractivity contribution is 5.77. The Balaban J connectivity index is 1.59. The molecule has 208 valence electrons. The number of nitrogens with zero attached hydrogens (tertiary/aromatic N) is 5. The van der Waals surface area contributed by atoms with E-state index in [1.54, 1.807) is 35.6 Å². The van der Waals surface area contributed by atoms with Gasteiger partial charge in [0.2, 0.25) is 0 Å². The Morgan fingerprint density at radius 2 is 1.73 bits per heavy atom. The van der Waals surface area contributed by atoms with Crippen LogP contribution in [0, 0.1) is 19.7 Å². The van der Waals surface area contributed by atoms with E-state index in [4.69, 9.17) is 19.4 Å². The van der Waals surface area contributed by atoms with Crippen molar-refractivity contribution in [2.75, 3.05) is 6.54 Å². The van der Waals surface area contributed by atoms with Crippen LogP contribution < -0.4 is 4.74 Å². The minimum absolute atomic E-state index is 0.188. The highest BCUT2D eigenvalue weighted by Crippen LogP contribution is 2.37. The van der Waals surface area contributed by atoms with Crippen LogP contribution in [-0.4, -0.2) is 42.7 Å². The number of rotatable bonds is 5. The van der Waals surface area contributed by atoms with Gasteiger partial charge in [-0.2, -0.15) is 4.98 Å². The molecule has 3 heterocycles. The first kappa shape index (κ1) is 27.3. The van der Waals surface area contributed by atoms with Crippen LogP contribution in [0.1, 0.15) is 57.3 Å². The second-order valence-corrected chi connectivity index (χ2v) is 11.2. The van der Waals surface area contributed by atoms with Crippen LogP contribution >= 0.6 is 0 Å². The van der Waals surface area contributed by atoms with Crippen molar-refractivity contribution in [2.45, 2.75) is 65.6 Å². The molecule has 1 aliphatic heterocycles. The molecule has 40 heavy (non-hydrogen) atoms. The number of likely N-dealkylation sites (tertiary alicyclic amines) is 1.